The van der Waals surface area contributed by atoms with E-state index >= 15 is 0 Å². The summed E-state index contributed by atoms with van der Waals surface area (Å²) in [6.45, 7) is 9.46. The number of carbonyl (C=O) groups is 1. The van der Waals surface area contributed by atoms with Gasteiger partial charge in [-0.1, -0.05) is 0 Å². The Labute approximate surface area is 120 Å². The largest absolute Gasteiger partial charge is 0.460 e. The van der Waals surface area contributed by atoms with Gasteiger partial charge in [0.05, 0.1) is 12.6 Å². The first-order chi connectivity index (χ1) is 9.33. The van der Waals surface area contributed by atoms with Gasteiger partial charge in [-0.3, -0.25) is 4.79 Å². The highest BCUT2D eigenvalue weighted by atomic mass is 16.6. The van der Waals surface area contributed by atoms with E-state index in [4.69, 9.17) is 4.74 Å². The predicted molar refractivity (Wildman–Crippen MR) is 77.6 cm³/mol. The molecule has 1 aliphatic heterocycles. The lowest BCUT2D eigenvalue weighted by Crippen LogP contribution is -2.26. The van der Waals surface area contributed by atoms with Gasteiger partial charge in [0.15, 0.2) is 5.82 Å². The fourth-order valence-electron chi connectivity index (χ4n) is 2.43. The number of esters is 1. The van der Waals surface area contributed by atoms with Gasteiger partial charge in [-0.2, -0.15) is 5.10 Å². The van der Waals surface area contributed by atoms with E-state index < -0.39 is 5.60 Å². The summed E-state index contributed by atoms with van der Waals surface area (Å²) in [7, 11) is 0. The van der Waals surface area contributed by atoms with Gasteiger partial charge < -0.3 is 9.64 Å². The molecule has 1 aromatic rings. The Kier molecular flexibility index (Phi) is 4.26. The van der Waals surface area contributed by atoms with Crippen molar-refractivity contribution >= 4 is 11.8 Å². The number of carbonyl (C=O) groups excluding carboxylic acids is 1. The van der Waals surface area contributed by atoms with Gasteiger partial charge in [-0.25, -0.2) is 0 Å². The highest BCUT2D eigenvalue weighted by molar-refractivity contribution is 5.70. The van der Waals surface area contributed by atoms with E-state index in [0.717, 1.165) is 30.9 Å². The Morgan fingerprint density at radius 2 is 2.25 bits per heavy atom. The number of aryl methyl sites for hydroxylation is 1. The van der Waals surface area contributed by atoms with Gasteiger partial charge in [0.1, 0.15) is 5.60 Å². The lowest BCUT2D eigenvalue weighted by Gasteiger charge is -2.21. The third kappa shape index (κ3) is 4.18. The fourth-order valence-corrected chi connectivity index (χ4v) is 2.43. The maximum Gasteiger partial charge on any atom is 0.306 e. The third-order valence-corrected chi connectivity index (χ3v) is 3.26. The Hall–Kier alpha value is -1.65. The molecule has 5 heteroatoms. The predicted octanol–water partition coefficient (Wildman–Crippen LogP) is 2.34. The van der Waals surface area contributed by atoms with Crippen LogP contribution in [0.5, 0.6) is 0 Å². The molecule has 0 bridgehead atoms. The molecule has 1 fully saturated rings. The molecule has 1 aromatic heterocycles. The molecular weight excluding hydrogens is 254 g/mol. The zero-order valence-corrected chi connectivity index (χ0v) is 12.7. The molecule has 5 nitrogen and oxygen atoms in total. The van der Waals surface area contributed by atoms with Crippen molar-refractivity contribution in [1.29, 1.82) is 0 Å². The number of hydrogen-bond acceptors (Lipinski definition) is 5. The van der Waals surface area contributed by atoms with Crippen LogP contribution in [0.2, 0.25) is 0 Å². The molecule has 1 saturated heterocycles. The van der Waals surface area contributed by atoms with Crippen molar-refractivity contribution in [3.63, 3.8) is 0 Å². The number of anilines is 1. The minimum absolute atomic E-state index is 0.111. The summed E-state index contributed by atoms with van der Waals surface area (Å²) in [6.07, 6.45) is 3.22. The second-order valence-electron chi connectivity index (χ2n) is 6.48. The molecule has 2 heterocycles. The van der Waals surface area contributed by atoms with Crippen LogP contribution in [0, 0.1) is 12.8 Å². The standard InChI is InChI=1S/C15H23N3O2/c1-11-7-13(17-16-9-11)18-6-5-12(10-18)8-14(19)20-15(2,3)4/h7,9,12H,5-6,8,10H2,1-4H3/t12-/m0/s1. The topological polar surface area (TPSA) is 55.3 Å². The van der Waals surface area contributed by atoms with Gasteiger partial charge in [0.25, 0.3) is 0 Å². The first-order valence-electron chi connectivity index (χ1n) is 7.09. The van der Waals surface area contributed by atoms with Crippen LogP contribution < -0.4 is 4.90 Å². The average molecular weight is 277 g/mol. The van der Waals surface area contributed by atoms with Gasteiger partial charge in [0.2, 0.25) is 0 Å². The molecule has 20 heavy (non-hydrogen) atoms. The Morgan fingerprint density at radius 1 is 1.50 bits per heavy atom. The van der Waals surface area contributed by atoms with Crippen LogP contribution >= 0.6 is 0 Å². The van der Waals surface area contributed by atoms with E-state index in [-0.39, 0.29) is 5.97 Å². The lowest BCUT2D eigenvalue weighted by molar-refractivity contribution is -0.155. The minimum Gasteiger partial charge on any atom is -0.460 e. The zero-order valence-electron chi connectivity index (χ0n) is 12.7. The fraction of sp³-hybridized carbons (Fsp3) is 0.667. The summed E-state index contributed by atoms with van der Waals surface area (Å²) in [5.41, 5.74) is 0.697. The number of hydrogen-bond donors (Lipinski definition) is 0. The minimum atomic E-state index is -0.405. The molecule has 1 aliphatic rings. The van der Waals surface area contributed by atoms with Gasteiger partial charge in [-0.05, 0) is 51.7 Å². The average Bonchev–Trinajstić information content (AvgIpc) is 2.74. The van der Waals surface area contributed by atoms with E-state index in [1.807, 2.05) is 33.8 Å². The third-order valence-electron chi connectivity index (χ3n) is 3.26. The maximum absolute atomic E-state index is 11.8. The Morgan fingerprint density at radius 3 is 2.90 bits per heavy atom. The quantitative estimate of drug-likeness (QED) is 0.794. The summed E-state index contributed by atoms with van der Waals surface area (Å²) >= 11 is 0. The van der Waals surface area contributed by atoms with E-state index in [0.29, 0.717) is 12.3 Å². The molecule has 0 radical (unpaired) electrons. The van der Waals surface area contributed by atoms with Gasteiger partial charge >= 0.3 is 5.97 Å². The van der Waals surface area contributed by atoms with Crippen LogP contribution in [0.3, 0.4) is 0 Å². The van der Waals surface area contributed by atoms with Crippen LogP contribution in [0.25, 0.3) is 0 Å². The maximum atomic E-state index is 11.8. The molecule has 0 amide bonds. The number of rotatable bonds is 3. The van der Waals surface area contributed by atoms with Crippen LogP contribution in [0.1, 0.15) is 39.2 Å². The molecule has 2 rings (SSSR count). The molecule has 0 spiro atoms. The molecule has 0 saturated carbocycles. The highest BCUT2D eigenvalue weighted by Gasteiger charge is 2.27. The first-order valence-corrected chi connectivity index (χ1v) is 7.09. The SMILES string of the molecule is Cc1cnnc(N2CC[C@@H](CC(=O)OC(C)(C)C)C2)c1. The second kappa shape index (κ2) is 5.77. The summed E-state index contributed by atoms with van der Waals surface area (Å²) in [4.78, 5) is 14.0. The van der Waals surface area contributed by atoms with Crippen molar-refractivity contribution in [2.45, 2.75) is 46.1 Å². The van der Waals surface area contributed by atoms with E-state index in [2.05, 4.69) is 15.1 Å². The molecule has 1 atom stereocenters. The lowest BCUT2D eigenvalue weighted by atomic mass is 10.1. The second-order valence-corrected chi connectivity index (χ2v) is 6.48. The molecule has 0 unspecified atom stereocenters. The van der Waals surface area contributed by atoms with Crippen LogP contribution in [-0.4, -0.2) is 34.9 Å². The van der Waals surface area contributed by atoms with E-state index in [1.165, 1.54) is 0 Å². The molecule has 0 aromatic carbocycles. The number of nitrogens with zero attached hydrogens (tertiary/aromatic N) is 3. The van der Waals surface area contributed by atoms with Crippen LogP contribution in [0.15, 0.2) is 12.3 Å². The Balaban J connectivity index is 1.88. The summed E-state index contributed by atoms with van der Waals surface area (Å²) in [5, 5.41) is 8.13. The van der Waals surface area contributed by atoms with Crippen molar-refractivity contribution in [2.75, 3.05) is 18.0 Å². The van der Waals surface area contributed by atoms with Crippen molar-refractivity contribution < 1.29 is 9.53 Å². The molecule has 0 N–H and O–H groups in total. The van der Waals surface area contributed by atoms with E-state index in [9.17, 15) is 4.79 Å². The summed E-state index contributed by atoms with van der Waals surface area (Å²) in [5.74, 6) is 1.13. The summed E-state index contributed by atoms with van der Waals surface area (Å²) in [6, 6.07) is 2.03. The van der Waals surface area contributed by atoms with Crippen molar-refractivity contribution in [3.8, 4) is 0 Å². The summed E-state index contributed by atoms with van der Waals surface area (Å²) < 4.78 is 5.37. The molecule has 0 aliphatic carbocycles. The van der Waals surface area contributed by atoms with Crippen molar-refractivity contribution in [3.05, 3.63) is 17.8 Å². The van der Waals surface area contributed by atoms with Crippen LogP contribution in [-0.2, 0) is 9.53 Å². The van der Waals surface area contributed by atoms with Crippen molar-refractivity contribution in [2.24, 2.45) is 5.92 Å². The zero-order chi connectivity index (χ0) is 14.8. The molecule has 110 valence electrons. The van der Waals surface area contributed by atoms with E-state index in [1.54, 1.807) is 6.20 Å². The van der Waals surface area contributed by atoms with Gasteiger partial charge in [0, 0.05) is 13.1 Å². The first kappa shape index (κ1) is 14.8. The Bertz CT molecular complexity index is 482. The van der Waals surface area contributed by atoms with Crippen LogP contribution in [0.4, 0.5) is 5.82 Å². The monoisotopic (exact) mass is 277 g/mol. The molecular formula is C15H23N3O2. The van der Waals surface area contributed by atoms with Crippen molar-refractivity contribution in [1.82, 2.24) is 10.2 Å². The smallest absolute Gasteiger partial charge is 0.306 e. The normalized spacial score (nSPS) is 19.2. The number of ether oxygens (including phenoxy) is 1. The highest BCUT2D eigenvalue weighted by Crippen LogP contribution is 2.25. The van der Waals surface area contributed by atoms with Gasteiger partial charge in [-0.15, -0.1) is 5.10 Å². The number of aromatic nitrogens is 2.